The first kappa shape index (κ1) is 15.4. The molecule has 1 fully saturated rings. The molecule has 1 saturated heterocycles. The SMILES string of the molecule is CNc1cc([C@H]2CCCN2C(=O)Cn2cc(CO)nn2)ccn1. The number of pyridine rings is 1. The minimum atomic E-state index is -0.176. The van der Waals surface area contributed by atoms with Gasteiger partial charge in [-0.25, -0.2) is 9.67 Å². The molecule has 3 heterocycles. The Hall–Kier alpha value is -2.48. The Morgan fingerprint density at radius 3 is 3.13 bits per heavy atom. The van der Waals surface area contributed by atoms with Crippen LogP contribution in [0.2, 0.25) is 0 Å². The number of aliphatic hydroxyl groups is 1. The first-order valence-corrected chi connectivity index (χ1v) is 7.64. The van der Waals surface area contributed by atoms with Crippen LogP contribution in [0.15, 0.2) is 24.5 Å². The summed E-state index contributed by atoms with van der Waals surface area (Å²) in [6.45, 7) is 0.695. The van der Waals surface area contributed by atoms with E-state index in [0.29, 0.717) is 5.69 Å². The maximum Gasteiger partial charge on any atom is 0.244 e. The number of carbonyl (C=O) groups excluding carboxylic acids is 1. The summed E-state index contributed by atoms with van der Waals surface area (Å²) < 4.78 is 1.47. The van der Waals surface area contributed by atoms with Crippen molar-refractivity contribution in [2.75, 3.05) is 18.9 Å². The lowest BCUT2D eigenvalue weighted by Gasteiger charge is -2.25. The van der Waals surface area contributed by atoms with Gasteiger partial charge in [0.1, 0.15) is 18.1 Å². The van der Waals surface area contributed by atoms with Crippen LogP contribution in [0.25, 0.3) is 0 Å². The molecule has 0 radical (unpaired) electrons. The fourth-order valence-electron chi connectivity index (χ4n) is 2.92. The highest BCUT2D eigenvalue weighted by Gasteiger charge is 2.30. The average molecular weight is 316 g/mol. The molecule has 1 aliphatic rings. The highest BCUT2D eigenvalue weighted by Crippen LogP contribution is 2.32. The van der Waals surface area contributed by atoms with Gasteiger partial charge < -0.3 is 15.3 Å². The Kier molecular flexibility index (Phi) is 4.52. The van der Waals surface area contributed by atoms with Crippen molar-refractivity contribution in [1.82, 2.24) is 24.9 Å². The summed E-state index contributed by atoms with van der Waals surface area (Å²) in [5.41, 5.74) is 1.55. The Morgan fingerprint density at radius 2 is 2.39 bits per heavy atom. The van der Waals surface area contributed by atoms with Gasteiger partial charge in [0.2, 0.25) is 5.91 Å². The molecule has 0 unspecified atom stereocenters. The number of aromatic nitrogens is 4. The summed E-state index contributed by atoms with van der Waals surface area (Å²) in [5, 5.41) is 19.7. The molecular formula is C15H20N6O2. The lowest BCUT2D eigenvalue weighted by Crippen LogP contribution is -2.33. The van der Waals surface area contributed by atoms with E-state index in [4.69, 9.17) is 5.11 Å². The van der Waals surface area contributed by atoms with E-state index < -0.39 is 0 Å². The van der Waals surface area contributed by atoms with E-state index in [1.165, 1.54) is 4.68 Å². The Bertz CT molecular complexity index is 686. The maximum atomic E-state index is 12.6. The zero-order valence-corrected chi connectivity index (χ0v) is 13.0. The monoisotopic (exact) mass is 316 g/mol. The Labute approximate surface area is 134 Å². The number of anilines is 1. The molecule has 2 aromatic heterocycles. The van der Waals surface area contributed by atoms with Crippen LogP contribution in [0, 0.1) is 0 Å². The first-order chi connectivity index (χ1) is 11.2. The molecule has 0 saturated carbocycles. The van der Waals surface area contributed by atoms with Crippen LogP contribution in [-0.2, 0) is 17.9 Å². The van der Waals surface area contributed by atoms with Crippen LogP contribution in [-0.4, -0.2) is 49.5 Å². The summed E-state index contributed by atoms with van der Waals surface area (Å²) in [6.07, 6.45) is 5.27. The zero-order valence-electron chi connectivity index (χ0n) is 13.0. The second-order valence-corrected chi connectivity index (χ2v) is 5.54. The summed E-state index contributed by atoms with van der Waals surface area (Å²) in [7, 11) is 1.83. The molecule has 122 valence electrons. The van der Waals surface area contributed by atoms with Crippen LogP contribution < -0.4 is 5.32 Å². The van der Waals surface area contributed by atoms with Crippen LogP contribution in [0.5, 0.6) is 0 Å². The van der Waals surface area contributed by atoms with Gasteiger partial charge in [0.15, 0.2) is 0 Å². The molecule has 8 heteroatoms. The Morgan fingerprint density at radius 1 is 1.52 bits per heavy atom. The van der Waals surface area contributed by atoms with Crippen molar-refractivity contribution < 1.29 is 9.90 Å². The standard InChI is InChI=1S/C15H20N6O2/c1-16-14-7-11(4-5-17-14)13-3-2-6-21(13)15(23)9-20-8-12(10-22)18-19-20/h4-5,7-8,13,22H,2-3,6,9-10H2,1H3,(H,16,17)/t13-/m1/s1. The van der Waals surface area contributed by atoms with Gasteiger partial charge in [-0.15, -0.1) is 5.10 Å². The van der Waals surface area contributed by atoms with Crippen molar-refractivity contribution in [2.24, 2.45) is 0 Å². The molecule has 8 nitrogen and oxygen atoms in total. The van der Waals surface area contributed by atoms with E-state index in [9.17, 15) is 4.79 Å². The number of rotatable bonds is 5. The molecular weight excluding hydrogens is 296 g/mol. The predicted molar refractivity (Wildman–Crippen MR) is 83.4 cm³/mol. The van der Waals surface area contributed by atoms with E-state index in [1.54, 1.807) is 12.4 Å². The van der Waals surface area contributed by atoms with Crippen molar-refractivity contribution in [3.63, 3.8) is 0 Å². The first-order valence-electron chi connectivity index (χ1n) is 7.64. The van der Waals surface area contributed by atoms with Gasteiger partial charge >= 0.3 is 0 Å². The zero-order chi connectivity index (χ0) is 16.2. The smallest absolute Gasteiger partial charge is 0.244 e. The summed E-state index contributed by atoms with van der Waals surface area (Å²) in [5.74, 6) is 0.801. The minimum absolute atomic E-state index is 0.00436. The van der Waals surface area contributed by atoms with Crippen LogP contribution >= 0.6 is 0 Å². The molecule has 1 amide bonds. The minimum Gasteiger partial charge on any atom is -0.390 e. The molecule has 1 atom stereocenters. The lowest BCUT2D eigenvalue weighted by atomic mass is 10.1. The topological polar surface area (TPSA) is 96.2 Å². The van der Waals surface area contributed by atoms with Gasteiger partial charge in [0.05, 0.1) is 18.8 Å². The summed E-state index contributed by atoms with van der Waals surface area (Å²) in [6, 6.07) is 4.00. The number of hydrogen-bond acceptors (Lipinski definition) is 6. The number of amides is 1. The molecule has 0 aromatic carbocycles. The maximum absolute atomic E-state index is 12.6. The molecule has 2 aromatic rings. The van der Waals surface area contributed by atoms with E-state index >= 15 is 0 Å². The summed E-state index contributed by atoms with van der Waals surface area (Å²) in [4.78, 5) is 18.7. The second kappa shape index (κ2) is 6.74. The van der Waals surface area contributed by atoms with Gasteiger partial charge in [-0.2, -0.15) is 0 Å². The number of carbonyl (C=O) groups is 1. The quantitative estimate of drug-likeness (QED) is 0.837. The van der Waals surface area contributed by atoms with Gasteiger partial charge in [-0.1, -0.05) is 5.21 Å². The van der Waals surface area contributed by atoms with E-state index in [0.717, 1.165) is 30.8 Å². The van der Waals surface area contributed by atoms with Gasteiger partial charge in [0, 0.05) is 19.8 Å². The number of hydrogen-bond donors (Lipinski definition) is 2. The van der Waals surface area contributed by atoms with Gasteiger partial charge in [-0.3, -0.25) is 4.79 Å². The van der Waals surface area contributed by atoms with E-state index in [2.05, 4.69) is 20.6 Å². The number of aliphatic hydroxyl groups excluding tert-OH is 1. The highest BCUT2D eigenvalue weighted by molar-refractivity contribution is 5.76. The molecule has 0 aliphatic carbocycles. The van der Waals surface area contributed by atoms with Gasteiger partial charge in [0.25, 0.3) is 0 Å². The average Bonchev–Trinajstić information content (AvgIpc) is 3.23. The van der Waals surface area contributed by atoms with Crippen LogP contribution in [0.1, 0.15) is 30.1 Å². The largest absolute Gasteiger partial charge is 0.390 e. The lowest BCUT2D eigenvalue weighted by molar-refractivity contribution is -0.133. The van der Waals surface area contributed by atoms with Crippen molar-refractivity contribution in [1.29, 1.82) is 0 Å². The number of nitrogens with zero attached hydrogens (tertiary/aromatic N) is 5. The van der Waals surface area contributed by atoms with Crippen molar-refractivity contribution in [2.45, 2.75) is 32.0 Å². The third-order valence-electron chi connectivity index (χ3n) is 4.04. The van der Waals surface area contributed by atoms with Crippen LogP contribution in [0.4, 0.5) is 5.82 Å². The van der Waals surface area contributed by atoms with Gasteiger partial charge in [-0.05, 0) is 30.5 Å². The second-order valence-electron chi connectivity index (χ2n) is 5.54. The molecule has 0 bridgehead atoms. The Balaban J connectivity index is 1.73. The van der Waals surface area contributed by atoms with E-state index in [-0.39, 0.29) is 25.1 Å². The van der Waals surface area contributed by atoms with Crippen molar-refractivity contribution in [3.8, 4) is 0 Å². The van der Waals surface area contributed by atoms with E-state index in [1.807, 2.05) is 24.1 Å². The molecule has 2 N–H and O–H groups in total. The van der Waals surface area contributed by atoms with Crippen LogP contribution in [0.3, 0.4) is 0 Å². The predicted octanol–water partition coefficient (Wildman–Crippen LogP) is 0.571. The molecule has 0 spiro atoms. The fraction of sp³-hybridized carbons (Fsp3) is 0.467. The summed E-state index contributed by atoms with van der Waals surface area (Å²) >= 11 is 0. The fourth-order valence-corrected chi connectivity index (χ4v) is 2.92. The third kappa shape index (κ3) is 3.31. The molecule has 3 rings (SSSR count). The number of nitrogens with one attached hydrogen (secondary N) is 1. The van der Waals surface area contributed by atoms with Crippen molar-refractivity contribution >= 4 is 11.7 Å². The number of likely N-dealkylation sites (tertiary alicyclic amines) is 1. The third-order valence-corrected chi connectivity index (χ3v) is 4.04. The van der Waals surface area contributed by atoms with Crippen molar-refractivity contribution in [3.05, 3.63) is 35.8 Å². The normalized spacial score (nSPS) is 17.5. The molecule has 23 heavy (non-hydrogen) atoms. The molecule has 1 aliphatic heterocycles. The highest BCUT2D eigenvalue weighted by atomic mass is 16.3.